The Kier molecular flexibility index (Phi) is 7.89. The van der Waals surface area contributed by atoms with Crippen LogP contribution in [0.25, 0.3) is 0 Å². The van der Waals surface area contributed by atoms with Gasteiger partial charge in [-0.05, 0) is 37.3 Å². The van der Waals surface area contributed by atoms with Crippen LogP contribution in [0.2, 0.25) is 25.7 Å². The molecule has 0 aromatic heterocycles. The molecule has 2 aliphatic rings. The van der Waals surface area contributed by atoms with E-state index in [9.17, 15) is 9.59 Å². The Morgan fingerprint density at radius 2 is 1.97 bits per heavy atom. The van der Waals surface area contributed by atoms with Crippen molar-refractivity contribution in [3.8, 4) is 0 Å². The zero-order valence-electron chi connectivity index (χ0n) is 18.6. The van der Waals surface area contributed by atoms with Crippen molar-refractivity contribution >= 4 is 19.9 Å². The van der Waals surface area contributed by atoms with Crippen LogP contribution in [0.5, 0.6) is 0 Å². The van der Waals surface area contributed by atoms with Crippen LogP contribution >= 0.6 is 0 Å². The lowest BCUT2D eigenvalue weighted by Gasteiger charge is -2.34. The molecule has 3 atom stereocenters. The lowest BCUT2D eigenvalue weighted by Crippen LogP contribution is -2.54. The van der Waals surface area contributed by atoms with E-state index in [2.05, 4.69) is 49.2 Å². The largest absolute Gasteiger partial charge is 0.375 e. The Balaban J connectivity index is 1.66. The second kappa shape index (κ2) is 10.4. The first kappa shape index (κ1) is 22.8. The fraction of sp³-hybridized carbons (Fsp3) is 0.583. The highest BCUT2D eigenvalue weighted by Crippen LogP contribution is 2.28. The lowest BCUT2D eigenvalue weighted by molar-refractivity contribution is -0.140. The molecule has 0 spiro atoms. The summed E-state index contributed by atoms with van der Waals surface area (Å²) >= 11 is 0. The van der Waals surface area contributed by atoms with E-state index in [1.165, 1.54) is 0 Å². The molecule has 6 heteroatoms. The van der Waals surface area contributed by atoms with E-state index in [0.717, 1.165) is 37.3 Å². The Labute approximate surface area is 181 Å². The summed E-state index contributed by atoms with van der Waals surface area (Å²) in [6.45, 7) is 8.14. The first-order chi connectivity index (χ1) is 14.3. The van der Waals surface area contributed by atoms with Crippen molar-refractivity contribution < 1.29 is 14.3 Å². The second-order valence-corrected chi connectivity index (χ2v) is 15.3. The highest BCUT2D eigenvalue weighted by molar-refractivity contribution is 6.76. The number of hydrogen-bond donors (Lipinski definition) is 1. The summed E-state index contributed by atoms with van der Waals surface area (Å²) in [5.41, 5.74) is 1.14. The maximum Gasteiger partial charge on any atom is 0.245 e. The highest BCUT2D eigenvalue weighted by atomic mass is 28.3. The van der Waals surface area contributed by atoms with E-state index in [1.807, 2.05) is 23.1 Å². The highest BCUT2D eigenvalue weighted by Gasteiger charge is 2.39. The summed E-state index contributed by atoms with van der Waals surface area (Å²) in [5, 5.41) is 2.91. The van der Waals surface area contributed by atoms with Crippen LogP contribution in [0.3, 0.4) is 0 Å². The van der Waals surface area contributed by atoms with Gasteiger partial charge in [0.15, 0.2) is 0 Å². The fourth-order valence-electron chi connectivity index (χ4n) is 4.24. The van der Waals surface area contributed by atoms with Gasteiger partial charge in [-0.2, -0.15) is 0 Å². The number of rotatable bonds is 8. The van der Waals surface area contributed by atoms with E-state index >= 15 is 0 Å². The molecule has 1 aromatic carbocycles. The maximum atomic E-state index is 13.4. The normalized spacial score (nSPS) is 25.0. The number of allylic oxidation sites excluding steroid dienone is 1. The number of hydrogen-bond acceptors (Lipinski definition) is 3. The molecule has 30 heavy (non-hydrogen) atoms. The number of benzene rings is 1. The summed E-state index contributed by atoms with van der Waals surface area (Å²) < 4.78 is 6.00. The van der Waals surface area contributed by atoms with Gasteiger partial charge in [0.1, 0.15) is 6.04 Å². The Morgan fingerprint density at radius 3 is 2.67 bits per heavy atom. The van der Waals surface area contributed by atoms with Gasteiger partial charge in [-0.15, -0.1) is 0 Å². The third-order valence-corrected chi connectivity index (χ3v) is 7.30. The number of ether oxygens (including phenoxy) is 1. The summed E-state index contributed by atoms with van der Waals surface area (Å²) in [6.07, 6.45) is 8.40. The van der Waals surface area contributed by atoms with Crippen LogP contribution < -0.4 is 5.32 Å². The SMILES string of the molecule is C[Si](C)(C)C/C=C/[C@@H]1CC[C@@H](COCc2ccccc2)N1C(=O)C1CCCC(=O)N1. The zero-order valence-corrected chi connectivity index (χ0v) is 19.6. The van der Waals surface area contributed by atoms with E-state index in [4.69, 9.17) is 4.74 Å². The molecular formula is C24H36N2O3Si. The monoisotopic (exact) mass is 428 g/mol. The molecule has 1 unspecified atom stereocenters. The Morgan fingerprint density at radius 1 is 1.20 bits per heavy atom. The molecule has 1 N–H and O–H groups in total. The Bertz CT molecular complexity index is 745. The van der Waals surface area contributed by atoms with Crippen molar-refractivity contribution in [3.05, 3.63) is 48.0 Å². The van der Waals surface area contributed by atoms with Gasteiger partial charge in [0, 0.05) is 14.5 Å². The molecule has 3 rings (SSSR count). The molecule has 0 saturated carbocycles. The Hall–Kier alpha value is -1.92. The molecule has 2 fully saturated rings. The van der Waals surface area contributed by atoms with Gasteiger partial charge in [-0.1, -0.05) is 62.1 Å². The quantitative estimate of drug-likeness (QED) is 0.500. The van der Waals surface area contributed by atoms with Crippen molar-refractivity contribution in [1.82, 2.24) is 10.2 Å². The molecule has 2 heterocycles. The molecule has 0 radical (unpaired) electrons. The average Bonchev–Trinajstić information content (AvgIpc) is 3.10. The third-order valence-electron chi connectivity index (χ3n) is 5.84. The molecule has 5 nitrogen and oxygen atoms in total. The maximum absolute atomic E-state index is 13.4. The minimum Gasteiger partial charge on any atom is -0.375 e. The van der Waals surface area contributed by atoms with Crippen LogP contribution in [0, 0.1) is 0 Å². The standard InChI is InChI=1S/C24H36N2O3Si/c1-30(2,3)16-8-11-20-14-15-21(18-29-17-19-9-5-4-6-10-19)26(20)24(28)22-12-7-13-23(27)25-22/h4-6,8-11,20-22H,7,12-18H2,1-3H3,(H,25,27)/b11-8+/t20-,21+,22?/m1/s1. The predicted molar refractivity (Wildman–Crippen MR) is 123 cm³/mol. The van der Waals surface area contributed by atoms with Crippen molar-refractivity contribution in [2.24, 2.45) is 0 Å². The first-order valence-corrected chi connectivity index (χ1v) is 14.9. The van der Waals surface area contributed by atoms with Crippen molar-refractivity contribution in [3.63, 3.8) is 0 Å². The third kappa shape index (κ3) is 6.54. The predicted octanol–water partition coefficient (Wildman–Crippen LogP) is 4.13. The molecule has 2 aliphatic heterocycles. The molecule has 2 saturated heterocycles. The first-order valence-electron chi connectivity index (χ1n) is 11.2. The zero-order chi connectivity index (χ0) is 21.6. The number of likely N-dealkylation sites (tertiary alicyclic amines) is 1. The average molecular weight is 429 g/mol. The topological polar surface area (TPSA) is 58.6 Å². The number of nitrogens with zero attached hydrogens (tertiary/aromatic N) is 1. The van der Waals surface area contributed by atoms with Gasteiger partial charge >= 0.3 is 0 Å². The van der Waals surface area contributed by atoms with Gasteiger partial charge in [0.05, 0.1) is 25.3 Å². The summed E-state index contributed by atoms with van der Waals surface area (Å²) in [5.74, 6) is 0.0398. The van der Waals surface area contributed by atoms with Crippen LogP contribution in [0.15, 0.2) is 42.5 Å². The van der Waals surface area contributed by atoms with Crippen LogP contribution in [-0.2, 0) is 20.9 Å². The molecule has 2 amide bonds. The smallest absolute Gasteiger partial charge is 0.245 e. The number of amides is 2. The molecular weight excluding hydrogens is 392 g/mol. The number of piperidine rings is 1. The number of carbonyl (C=O) groups is 2. The van der Waals surface area contributed by atoms with Gasteiger partial charge < -0.3 is 15.0 Å². The van der Waals surface area contributed by atoms with Crippen molar-refractivity contribution in [1.29, 1.82) is 0 Å². The minimum atomic E-state index is -1.17. The van der Waals surface area contributed by atoms with Gasteiger partial charge in [0.2, 0.25) is 11.8 Å². The van der Waals surface area contributed by atoms with E-state index < -0.39 is 14.1 Å². The van der Waals surface area contributed by atoms with Gasteiger partial charge in [0.25, 0.3) is 0 Å². The number of nitrogens with one attached hydrogen (secondary N) is 1. The van der Waals surface area contributed by atoms with Crippen LogP contribution in [-0.4, -0.2) is 49.5 Å². The van der Waals surface area contributed by atoms with E-state index in [0.29, 0.717) is 19.6 Å². The summed E-state index contributed by atoms with van der Waals surface area (Å²) in [6, 6.07) is 11.0. The lowest BCUT2D eigenvalue weighted by atomic mass is 10.0. The molecule has 0 bridgehead atoms. The van der Waals surface area contributed by atoms with Crippen molar-refractivity contribution in [2.45, 2.75) is 82.5 Å². The molecule has 164 valence electrons. The molecule has 0 aliphatic carbocycles. The van der Waals surface area contributed by atoms with Crippen molar-refractivity contribution in [2.75, 3.05) is 6.61 Å². The van der Waals surface area contributed by atoms with Gasteiger partial charge in [-0.25, -0.2) is 0 Å². The molecule has 1 aromatic rings. The summed E-state index contributed by atoms with van der Waals surface area (Å²) in [7, 11) is -1.17. The second-order valence-electron chi connectivity index (χ2n) is 9.75. The van der Waals surface area contributed by atoms with E-state index in [-0.39, 0.29) is 23.9 Å². The fourth-order valence-corrected chi connectivity index (χ4v) is 5.09. The summed E-state index contributed by atoms with van der Waals surface area (Å²) in [4.78, 5) is 27.2. The van der Waals surface area contributed by atoms with Crippen LogP contribution in [0.4, 0.5) is 0 Å². The van der Waals surface area contributed by atoms with Crippen LogP contribution in [0.1, 0.15) is 37.7 Å². The van der Waals surface area contributed by atoms with E-state index in [1.54, 1.807) is 0 Å². The van der Waals surface area contributed by atoms with Gasteiger partial charge in [-0.3, -0.25) is 9.59 Å². The number of carbonyl (C=O) groups excluding carboxylic acids is 2. The minimum absolute atomic E-state index is 0.0125.